The van der Waals surface area contributed by atoms with E-state index in [1.54, 1.807) is 0 Å². The zero-order valence-corrected chi connectivity index (χ0v) is 9.46. The Hall–Kier alpha value is -1.69. The molecule has 0 unspecified atom stereocenters. The van der Waals surface area contributed by atoms with Gasteiger partial charge in [-0.1, -0.05) is 0 Å². The lowest BCUT2D eigenvalue weighted by molar-refractivity contribution is 0.0487. The smallest absolute Gasteiger partial charge is 0.272 e. The van der Waals surface area contributed by atoms with Gasteiger partial charge in [-0.3, -0.25) is 4.79 Å². The fourth-order valence-corrected chi connectivity index (χ4v) is 1.71. The van der Waals surface area contributed by atoms with Crippen LogP contribution in [-0.4, -0.2) is 35.7 Å². The second kappa shape index (κ2) is 5.58. The average molecular weight is 237 g/mol. The first kappa shape index (κ1) is 11.8. The number of rotatable bonds is 4. The summed E-state index contributed by atoms with van der Waals surface area (Å²) in [6.45, 7) is 2.04. The third kappa shape index (κ3) is 3.13. The van der Waals surface area contributed by atoms with E-state index in [1.165, 1.54) is 12.4 Å². The summed E-state index contributed by atoms with van der Waals surface area (Å²) in [4.78, 5) is 18.9. The molecule has 1 amide bonds. The maximum atomic E-state index is 11.1. The first-order chi connectivity index (χ1) is 8.27. The van der Waals surface area contributed by atoms with Crippen LogP contribution >= 0.6 is 0 Å². The van der Waals surface area contributed by atoms with Gasteiger partial charge in [-0.2, -0.15) is 0 Å². The summed E-state index contributed by atoms with van der Waals surface area (Å²) in [5.74, 6) is 0.0260. The normalized spacial score (nSPS) is 16.7. The molecular formula is C11H15N3O3. The Kier molecular flexibility index (Phi) is 3.87. The molecule has 0 atom stereocenters. The minimum atomic E-state index is -0.625. The molecule has 0 bridgehead atoms. The molecule has 2 rings (SSSR count). The van der Waals surface area contributed by atoms with E-state index in [9.17, 15) is 4.79 Å². The Balaban J connectivity index is 1.96. The van der Waals surface area contributed by atoms with Crippen LogP contribution in [0.2, 0.25) is 0 Å². The molecule has 1 saturated heterocycles. The van der Waals surface area contributed by atoms with Crippen LogP contribution in [0.15, 0.2) is 12.4 Å². The number of hydrogen-bond acceptors (Lipinski definition) is 5. The summed E-state index contributed by atoms with van der Waals surface area (Å²) in [6.07, 6.45) is 4.82. The highest BCUT2D eigenvalue weighted by Gasteiger charge is 2.17. The first-order valence-electron chi connectivity index (χ1n) is 5.58. The number of carbonyl (C=O) groups excluding carboxylic acids is 1. The maximum Gasteiger partial charge on any atom is 0.272 e. The lowest BCUT2D eigenvalue weighted by atomic mass is 10.0. The van der Waals surface area contributed by atoms with Crippen molar-refractivity contribution in [1.29, 1.82) is 0 Å². The number of amides is 1. The van der Waals surface area contributed by atoms with Gasteiger partial charge in [0.1, 0.15) is 0 Å². The standard InChI is InChI=1S/C11H15N3O3/c12-10(15)9-11(14-4-3-13-9)17-7-8-1-5-16-6-2-8/h3-4,8H,1-2,5-7H2,(H2,12,15). The highest BCUT2D eigenvalue weighted by molar-refractivity contribution is 5.92. The Morgan fingerprint density at radius 2 is 2.12 bits per heavy atom. The van der Waals surface area contributed by atoms with Crippen molar-refractivity contribution in [1.82, 2.24) is 9.97 Å². The van der Waals surface area contributed by atoms with Gasteiger partial charge in [-0.05, 0) is 18.8 Å². The van der Waals surface area contributed by atoms with Crippen molar-refractivity contribution in [2.24, 2.45) is 11.7 Å². The molecular weight excluding hydrogens is 222 g/mol. The van der Waals surface area contributed by atoms with E-state index in [-0.39, 0.29) is 11.6 Å². The van der Waals surface area contributed by atoms with Crippen LogP contribution in [0.1, 0.15) is 23.3 Å². The van der Waals surface area contributed by atoms with E-state index in [0.29, 0.717) is 12.5 Å². The van der Waals surface area contributed by atoms with Crippen molar-refractivity contribution in [3.63, 3.8) is 0 Å². The Bertz CT molecular complexity index is 391. The largest absolute Gasteiger partial charge is 0.476 e. The van der Waals surface area contributed by atoms with Gasteiger partial charge in [0.2, 0.25) is 5.88 Å². The Morgan fingerprint density at radius 3 is 2.82 bits per heavy atom. The molecule has 2 N–H and O–H groups in total. The van der Waals surface area contributed by atoms with Crippen molar-refractivity contribution in [3.05, 3.63) is 18.1 Å². The molecule has 17 heavy (non-hydrogen) atoms. The van der Waals surface area contributed by atoms with E-state index in [4.69, 9.17) is 15.2 Å². The van der Waals surface area contributed by atoms with Gasteiger partial charge in [-0.15, -0.1) is 0 Å². The predicted octanol–water partition coefficient (Wildman–Crippen LogP) is 0.381. The molecule has 1 aromatic rings. The third-order valence-electron chi connectivity index (χ3n) is 2.69. The molecule has 1 aromatic heterocycles. The molecule has 6 nitrogen and oxygen atoms in total. The number of primary amides is 1. The second-order valence-corrected chi connectivity index (χ2v) is 3.94. The molecule has 1 fully saturated rings. The Labute approximate surface area is 99.1 Å². The molecule has 0 saturated carbocycles. The highest BCUT2D eigenvalue weighted by Crippen LogP contribution is 2.17. The van der Waals surface area contributed by atoms with Gasteiger partial charge in [0.25, 0.3) is 5.91 Å². The van der Waals surface area contributed by atoms with Crippen LogP contribution in [-0.2, 0) is 4.74 Å². The molecule has 0 radical (unpaired) electrons. The number of nitrogens with zero attached hydrogens (tertiary/aromatic N) is 2. The topological polar surface area (TPSA) is 87.3 Å². The summed E-state index contributed by atoms with van der Waals surface area (Å²) >= 11 is 0. The van der Waals surface area contributed by atoms with Crippen LogP contribution in [0, 0.1) is 5.92 Å². The first-order valence-corrected chi connectivity index (χ1v) is 5.58. The van der Waals surface area contributed by atoms with Gasteiger partial charge >= 0.3 is 0 Å². The lowest BCUT2D eigenvalue weighted by Crippen LogP contribution is -2.23. The van der Waals surface area contributed by atoms with Crippen LogP contribution in [0.3, 0.4) is 0 Å². The van der Waals surface area contributed by atoms with Crippen LogP contribution in [0.5, 0.6) is 5.88 Å². The number of ether oxygens (including phenoxy) is 2. The minimum Gasteiger partial charge on any atom is -0.476 e. The van der Waals surface area contributed by atoms with Crippen molar-refractivity contribution < 1.29 is 14.3 Å². The second-order valence-electron chi connectivity index (χ2n) is 3.94. The SMILES string of the molecule is NC(=O)c1nccnc1OCC1CCOCC1. The number of aromatic nitrogens is 2. The quantitative estimate of drug-likeness (QED) is 0.818. The fourth-order valence-electron chi connectivity index (χ4n) is 1.71. The van der Waals surface area contributed by atoms with Gasteiger partial charge in [0, 0.05) is 25.6 Å². The maximum absolute atomic E-state index is 11.1. The van der Waals surface area contributed by atoms with Crippen molar-refractivity contribution in [2.75, 3.05) is 19.8 Å². The summed E-state index contributed by atoms with van der Waals surface area (Å²) in [7, 11) is 0. The van der Waals surface area contributed by atoms with Gasteiger partial charge in [-0.25, -0.2) is 9.97 Å². The summed E-state index contributed by atoms with van der Waals surface area (Å²) < 4.78 is 10.8. The van der Waals surface area contributed by atoms with E-state index >= 15 is 0 Å². The molecule has 0 spiro atoms. The van der Waals surface area contributed by atoms with Crippen LogP contribution < -0.4 is 10.5 Å². The van der Waals surface area contributed by atoms with Crippen molar-refractivity contribution in [3.8, 4) is 5.88 Å². The predicted molar refractivity (Wildman–Crippen MR) is 59.6 cm³/mol. The zero-order valence-electron chi connectivity index (χ0n) is 9.46. The molecule has 0 aliphatic carbocycles. The monoisotopic (exact) mass is 237 g/mol. The molecule has 6 heteroatoms. The third-order valence-corrected chi connectivity index (χ3v) is 2.69. The van der Waals surface area contributed by atoms with Crippen molar-refractivity contribution in [2.45, 2.75) is 12.8 Å². The summed E-state index contributed by atoms with van der Waals surface area (Å²) in [5.41, 5.74) is 5.26. The number of hydrogen-bond donors (Lipinski definition) is 1. The Morgan fingerprint density at radius 1 is 1.41 bits per heavy atom. The fraction of sp³-hybridized carbons (Fsp3) is 0.545. The zero-order chi connectivity index (χ0) is 12.1. The minimum absolute atomic E-state index is 0.0829. The van der Waals surface area contributed by atoms with Gasteiger partial charge in [0.15, 0.2) is 5.69 Å². The average Bonchev–Trinajstić information content (AvgIpc) is 2.38. The highest BCUT2D eigenvalue weighted by atomic mass is 16.5. The van der Waals surface area contributed by atoms with Crippen LogP contribution in [0.25, 0.3) is 0 Å². The molecule has 1 aliphatic rings. The van der Waals surface area contributed by atoms with Gasteiger partial charge < -0.3 is 15.2 Å². The number of carbonyl (C=O) groups is 1. The number of nitrogens with two attached hydrogens (primary N) is 1. The van der Waals surface area contributed by atoms with E-state index < -0.39 is 5.91 Å². The molecule has 92 valence electrons. The van der Waals surface area contributed by atoms with E-state index in [1.807, 2.05) is 0 Å². The molecule has 0 aromatic carbocycles. The van der Waals surface area contributed by atoms with Crippen LogP contribution in [0.4, 0.5) is 0 Å². The van der Waals surface area contributed by atoms with E-state index in [0.717, 1.165) is 26.1 Å². The summed E-state index contributed by atoms with van der Waals surface area (Å²) in [6, 6.07) is 0. The molecule has 1 aliphatic heterocycles. The van der Waals surface area contributed by atoms with Crippen molar-refractivity contribution >= 4 is 5.91 Å². The lowest BCUT2D eigenvalue weighted by Gasteiger charge is -2.21. The van der Waals surface area contributed by atoms with E-state index in [2.05, 4.69) is 9.97 Å². The van der Waals surface area contributed by atoms with Gasteiger partial charge in [0.05, 0.1) is 6.61 Å². The summed E-state index contributed by atoms with van der Waals surface area (Å²) in [5, 5.41) is 0. The molecule has 2 heterocycles.